The Morgan fingerprint density at radius 3 is 2.22 bits per heavy atom. The van der Waals surface area contributed by atoms with Crippen molar-refractivity contribution in [2.45, 2.75) is 96.9 Å². The minimum Gasteiger partial charge on any atom is -0.481 e. The molecule has 0 radical (unpaired) electrons. The molecule has 344 valence electrons. The molecule has 2 heterocycles. The number of carbonyl (C=O) groups excluding carboxylic acids is 2. The molecule has 65 heavy (non-hydrogen) atoms. The molecule has 1 aliphatic heterocycles. The third-order valence-corrected chi connectivity index (χ3v) is 12.7. The zero-order chi connectivity index (χ0) is 46.8. The van der Waals surface area contributed by atoms with Crippen LogP contribution in [0.1, 0.15) is 93.8 Å². The smallest absolute Gasteiger partial charge is 0.312 e. The average Bonchev–Trinajstić information content (AvgIpc) is 3.63. The summed E-state index contributed by atoms with van der Waals surface area (Å²) in [5, 5.41) is 42.7. The lowest BCUT2D eigenvalue weighted by Crippen LogP contribution is -2.58. The van der Waals surface area contributed by atoms with Gasteiger partial charge in [0.25, 0.3) is 5.91 Å². The number of aliphatic hydroxyl groups excluding tert-OH is 2. The van der Waals surface area contributed by atoms with Crippen LogP contribution in [0.2, 0.25) is 5.02 Å². The van der Waals surface area contributed by atoms with Gasteiger partial charge in [0.05, 0.1) is 49.1 Å². The monoisotopic (exact) mass is 906 g/mol. The third kappa shape index (κ3) is 11.2. The number of nitrogens with one attached hydrogen (secondary N) is 3. The van der Waals surface area contributed by atoms with Crippen molar-refractivity contribution in [3.05, 3.63) is 148 Å². The summed E-state index contributed by atoms with van der Waals surface area (Å²) in [6, 6.07) is 31.6. The van der Waals surface area contributed by atoms with Crippen molar-refractivity contribution < 1.29 is 38.8 Å². The molecule has 0 fully saturated rings. The highest BCUT2D eigenvalue weighted by atomic mass is 35.5. The van der Waals surface area contributed by atoms with Crippen LogP contribution in [0.4, 0.5) is 10.1 Å². The number of anilines is 1. The van der Waals surface area contributed by atoms with Crippen LogP contribution in [0.3, 0.4) is 0 Å². The molecule has 5 atom stereocenters. The normalized spacial score (nSPS) is 18.2. The van der Waals surface area contributed by atoms with Gasteiger partial charge in [-0.2, -0.15) is 0 Å². The molecule has 13 heteroatoms. The minimum atomic E-state index is -1.23. The highest BCUT2D eigenvalue weighted by Crippen LogP contribution is 2.50. The molecule has 2 amide bonds. The number of halogens is 2. The number of carbonyl (C=O) groups is 3. The topological polar surface area (TPSA) is 162 Å². The number of para-hydroxylation sites is 1. The summed E-state index contributed by atoms with van der Waals surface area (Å²) in [5.74, 6) is -2.68. The molecule has 11 nitrogen and oxygen atoms in total. The van der Waals surface area contributed by atoms with Crippen LogP contribution in [-0.4, -0.2) is 75.7 Å². The van der Waals surface area contributed by atoms with E-state index >= 15 is 0 Å². The predicted octanol–water partition coefficient (Wildman–Crippen LogP) is 9.55. The molecular weight excluding hydrogens is 847 g/mol. The van der Waals surface area contributed by atoms with E-state index in [-0.39, 0.29) is 57.4 Å². The Morgan fingerprint density at radius 1 is 0.908 bits per heavy atom. The summed E-state index contributed by atoms with van der Waals surface area (Å²) in [4.78, 5) is 40.4. The highest BCUT2D eigenvalue weighted by molar-refractivity contribution is 6.30. The fraction of sp³-hybridized carbons (Fsp3) is 0.365. The predicted molar refractivity (Wildman–Crippen MR) is 253 cm³/mol. The third-order valence-electron chi connectivity index (χ3n) is 12.5. The number of hydrogen-bond acceptors (Lipinski definition) is 7. The number of rotatable bonds is 20. The Morgan fingerprint density at radius 2 is 1.58 bits per heavy atom. The molecule has 5 unspecified atom stereocenters. The first-order valence-corrected chi connectivity index (χ1v) is 22.6. The quantitative estimate of drug-likeness (QED) is 0.0421. The summed E-state index contributed by atoms with van der Waals surface area (Å²) >= 11 is 6.34. The lowest BCUT2D eigenvalue weighted by Gasteiger charge is -2.48. The first-order valence-electron chi connectivity index (χ1n) is 22.2. The van der Waals surface area contributed by atoms with Gasteiger partial charge in [0.2, 0.25) is 5.91 Å². The first kappa shape index (κ1) is 48.7. The van der Waals surface area contributed by atoms with Gasteiger partial charge in [-0.1, -0.05) is 93.0 Å². The molecular formula is C52H60ClFN4O7. The maximum absolute atomic E-state index is 14.4. The SMILES string of the molecule is CCC1(C(=O)O)C(COCCNC(=O)CC(O)CC(O)CCn2c(-c3ccc(F)cc3)c(-c3ccccc3)c(C(=O)Nc3ccccc3)c2C(C)C)NC(C)=C(C)C1c1cccc(Cl)c1. The standard InChI is InChI=1S/C52H60ClFN4O7/c1-6-52(51(63)64)43(56-34(5)33(4)47(52)37-16-13-17-38(53)28-37)31-65-27-25-55-44(61)30-42(60)29-41(59)24-26-58-48(32(2)3)46(50(62)57-40-18-11-8-12-19-40)45(35-14-9-7-10-15-35)49(58)36-20-22-39(54)23-21-36/h7-23,28,32,41-43,47,56,59-60H,6,24-27,29-31H2,1-5H3,(H,55,61)(H,57,62)(H,63,64). The number of nitrogens with zero attached hydrogens (tertiary/aromatic N) is 1. The van der Waals surface area contributed by atoms with Crippen molar-refractivity contribution in [1.29, 1.82) is 0 Å². The second kappa shape index (κ2) is 21.9. The van der Waals surface area contributed by atoms with Gasteiger partial charge in [0.1, 0.15) is 11.2 Å². The Kier molecular flexibility index (Phi) is 16.4. The van der Waals surface area contributed by atoms with E-state index < -0.39 is 47.3 Å². The van der Waals surface area contributed by atoms with E-state index in [9.17, 15) is 34.1 Å². The van der Waals surface area contributed by atoms with Crippen molar-refractivity contribution in [2.24, 2.45) is 5.41 Å². The van der Waals surface area contributed by atoms with E-state index in [2.05, 4.69) is 16.0 Å². The van der Waals surface area contributed by atoms with E-state index in [0.29, 0.717) is 39.5 Å². The average molecular weight is 908 g/mol. The fourth-order valence-corrected chi connectivity index (χ4v) is 9.56. The molecule has 4 aromatic carbocycles. The van der Waals surface area contributed by atoms with Crippen LogP contribution >= 0.6 is 11.6 Å². The second-order valence-electron chi connectivity index (χ2n) is 17.1. The summed E-state index contributed by atoms with van der Waals surface area (Å²) < 4.78 is 22.3. The Balaban J connectivity index is 1.11. The van der Waals surface area contributed by atoms with Crippen molar-refractivity contribution >= 4 is 35.1 Å². The zero-order valence-corrected chi connectivity index (χ0v) is 38.4. The van der Waals surface area contributed by atoms with E-state index in [1.165, 1.54) is 12.1 Å². The van der Waals surface area contributed by atoms with Crippen LogP contribution in [0.25, 0.3) is 22.4 Å². The van der Waals surface area contributed by atoms with Crippen LogP contribution < -0.4 is 16.0 Å². The molecule has 0 spiro atoms. The fourth-order valence-electron chi connectivity index (χ4n) is 9.36. The molecule has 0 aliphatic carbocycles. The van der Waals surface area contributed by atoms with E-state index in [0.717, 1.165) is 28.1 Å². The van der Waals surface area contributed by atoms with Crippen molar-refractivity contribution in [1.82, 2.24) is 15.2 Å². The molecule has 6 N–H and O–H groups in total. The molecule has 0 saturated carbocycles. The number of amides is 2. The Labute approximate surface area is 385 Å². The van der Waals surface area contributed by atoms with Gasteiger partial charge in [0, 0.05) is 46.7 Å². The van der Waals surface area contributed by atoms with Gasteiger partial charge in [-0.25, -0.2) is 4.39 Å². The number of aromatic nitrogens is 1. The lowest BCUT2D eigenvalue weighted by atomic mass is 9.61. The van der Waals surface area contributed by atoms with Crippen LogP contribution in [0.5, 0.6) is 0 Å². The first-order chi connectivity index (χ1) is 31.2. The molecule has 0 bridgehead atoms. The molecule has 0 saturated heterocycles. The van der Waals surface area contributed by atoms with Crippen molar-refractivity contribution in [3.63, 3.8) is 0 Å². The minimum absolute atomic E-state index is 0.0708. The largest absolute Gasteiger partial charge is 0.481 e. The van der Waals surface area contributed by atoms with Crippen LogP contribution in [0, 0.1) is 11.2 Å². The number of carboxylic acid groups (broad SMARTS) is 1. The highest BCUT2D eigenvalue weighted by Gasteiger charge is 2.54. The maximum Gasteiger partial charge on any atom is 0.312 e. The zero-order valence-electron chi connectivity index (χ0n) is 37.6. The second-order valence-corrected chi connectivity index (χ2v) is 17.6. The van der Waals surface area contributed by atoms with Crippen molar-refractivity contribution in [2.75, 3.05) is 25.1 Å². The Bertz CT molecular complexity index is 2460. The van der Waals surface area contributed by atoms with Crippen LogP contribution in [0.15, 0.2) is 120 Å². The summed E-state index contributed by atoms with van der Waals surface area (Å²) in [6.45, 7) is 10.3. The van der Waals surface area contributed by atoms with E-state index in [1.807, 2.05) is 118 Å². The molecule has 5 aromatic rings. The number of carboxylic acids is 1. The van der Waals surface area contributed by atoms with Gasteiger partial charge in [-0.05, 0) is 110 Å². The number of aliphatic carboxylic acids is 1. The number of ether oxygens (including phenoxy) is 1. The number of benzene rings is 4. The molecule has 1 aliphatic rings. The van der Waals surface area contributed by atoms with Gasteiger partial charge in [-0.3, -0.25) is 14.4 Å². The van der Waals surface area contributed by atoms with E-state index in [4.69, 9.17) is 16.3 Å². The van der Waals surface area contributed by atoms with Gasteiger partial charge in [-0.15, -0.1) is 0 Å². The molecule has 6 rings (SSSR count). The number of aliphatic hydroxyl groups is 2. The summed E-state index contributed by atoms with van der Waals surface area (Å²) in [7, 11) is 0. The lowest BCUT2D eigenvalue weighted by molar-refractivity contribution is -0.154. The summed E-state index contributed by atoms with van der Waals surface area (Å²) in [6.07, 6.45) is -2.00. The van der Waals surface area contributed by atoms with Gasteiger partial charge < -0.3 is 40.6 Å². The van der Waals surface area contributed by atoms with Crippen LogP contribution in [-0.2, 0) is 20.9 Å². The Hall–Kier alpha value is -5.79. The molecule has 1 aromatic heterocycles. The number of hydrogen-bond donors (Lipinski definition) is 6. The van der Waals surface area contributed by atoms with Gasteiger partial charge >= 0.3 is 5.97 Å². The van der Waals surface area contributed by atoms with E-state index in [1.54, 1.807) is 18.2 Å². The van der Waals surface area contributed by atoms with Gasteiger partial charge in [0.15, 0.2) is 0 Å². The number of allylic oxidation sites excluding steroid dienone is 2. The summed E-state index contributed by atoms with van der Waals surface area (Å²) in [5.41, 5.74) is 6.05. The maximum atomic E-state index is 14.4. The van der Waals surface area contributed by atoms with Crippen molar-refractivity contribution in [3.8, 4) is 22.4 Å².